The Kier molecular flexibility index (Phi) is 5.16. The number of rotatable bonds is 5. The molecule has 1 aromatic rings. The summed E-state index contributed by atoms with van der Waals surface area (Å²) in [5.41, 5.74) is 0.461. The Morgan fingerprint density at radius 1 is 1.39 bits per heavy atom. The Bertz CT molecular complexity index is 415. The van der Waals surface area contributed by atoms with E-state index < -0.39 is 5.60 Å². The maximum Gasteiger partial charge on any atom is 0.233 e. The van der Waals surface area contributed by atoms with Crippen molar-refractivity contribution in [2.24, 2.45) is 0 Å². The van der Waals surface area contributed by atoms with Crippen molar-refractivity contribution in [3.8, 4) is 5.75 Å². The van der Waals surface area contributed by atoms with Crippen LogP contribution in [-0.4, -0.2) is 24.2 Å². The van der Waals surface area contributed by atoms with Gasteiger partial charge in [-0.3, -0.25) is 9.63 Å². The van der Waals surface area contributed by atoms with Crippen LogP contribution in [0.25, 0.3) is 0 Å². The van der Waals surface area contributed by atoms with E-state index in [0.717, 1.165) is 15.8 Å². The second-order valence-electron chi connectivity index (χ2n) is 4.84. The first-order valence-electron chi connectivity index (χ1n) is 5.59. The number of ether oxygens (including phenoxy) is 1. The normalized spacial score (nSPS) is 11.2. The molecule has 0 aliphatic rings. The third-order valence-electron chi connectivity index (χ3n) is 2.08. The zero-order valence-electron chi connectivity index (χ0n) is 11.1. The topological polar surface area (TPSA) is 38.8 Å². The fourth-order valence-electron chi connectivity index (χ4n) is 1.48. The van der Waals surface area contributed by atoms with Crippen molar-refractivity contribution in [3.63, 3.8) is 0 Å². The molecule has 0 fully saturated rings. The lowest BCUT2D eigenvalue weighted by Crippen LogP contribution is -2.32. The highest BCUT2D eigenvalue weighted by Gasteiger charge is 2.17. The van der Waals surface area contributed by atoms with E-state index in [-0.39, 0.29) is 0 Å². The summed E-state index contributed by atoms with van der Waals surface area (Å²) in [6.45, 7) is 6.01. The van der Waals surface area contributed by atoms with Crippen LogP contribution in [0.4, 0.5) is 0 Å². The molecule has 4 nitrogen and oxygen atoms in total. The summed E-state index contributed by atoms with van der Waals surface area (Å²) in [5, 5.41) is 1.27. The number of benzene rings is 1. The quantitative estimate of drug-likeness (QED) is 0.619. The molecule has 1 rings (SSSR count). The number of halogens is 1. The number of hydroxylamine groups is 2. The second kappa shape index (κ2) is 6.20. The Morgan fingerprint density at radius 2 is 2.06 bits per heavy atom. The van der Waals surface area contributed by atoms with Crippen LogP contribution in [-0.2, 0) is 16.2 Å². The molecule has 1 amide bonds. The van der Waals surface area contributed by atoms with Crippen molar-refractivity contribution < 1.29 is 14.4 Å². The van der Waals surface area contributed by atoms with Crippen LogP contribution in [0.2, 0.25) is 0 Å². The van der Waals surface area contributed by atoms with Crippen LogP contribution >= 0.6 is 15.9 Å². The molecule has 1 aromatic carbocycles. The third kappa shape index (κ3) is 4.66. The van der Waals surface area contributed by atoms with Crippen molar-refractivity contribution in [2.45, 2.75) is 32.9 Å². The Balaban J connectivity index is 2.87. The zero-order valence-corrected chi connectivity index (χ0v) is 12.7. The fourth-order valence-corrected chi connectivity index (χ4v) is 1.89. The zero-order chi connectivity index (χ0) is 13.8. The summed E-state index contributed by atoms with van der Waals surface area (Å²) in [6.07, 6.45) is 0.672. The van der Waals surface area contributed by atoms with E-state index in [1.54, 1.807) is 7.11 Å². The molecule has 0 aliphatic heterocycles. The van der Waals surface area contributed by atoms with Gasteiger partial charge in [0.05, 0.1) is 19.3 Å². The summed E-state index contributed by atoms with van der Waals surface area (Å²) in [5.74, 6) is 0.725. The molecule has 0 aliphatic carbocycles. The number of carbonyl (C=O) groups is 1. The van der Waals surface area contributed by atoms with Crippen molar-refractivity contribution in [3.05, 3.63) is 28.2 Å². The summed E-state index contributed by atoms with van der Waals surface area (Å²) < 4.78 is 6.19. The molecule has 5 heteroatoms. The van der Waals surface area contributed by atoms with Crippen molar-refractivity contribution in [1.29, 1.82) is 0 Å². The molecule has 0 saturated heterocycles. The van der Waals surface area contributed by atoms with Crippen LogP contribution < -0.4 is 4.74 Å². The summed E-state index contributed by atoms with van der Waals surface area (Å²) in [6, 6.07) is 5.64. The van der Waals surface area contributed by atoms with Gasteiger partial charge in [0, 0.05) is 10.0 Å². The predicted octanol–water partition coefficient (Wildman–Crippen LogP) is 3.15. The molecule has 0 bridgehead atoms. The molecule has 0 heterocycles. The van der Waals surface area contributed by atoms with Crippen molar-refractivity contribution in [2.75, 3.05) is 7.11 Å². The van der Waals surface area contributed by atoms with Gasteiger partial charge in [-0.25, -0.2) is 5.06 Å². The average Bonchev–Trinajstić information content (AvgIpc) is 2.26. The third-order valence-corrected chi connectivity index (χ3v) is 2.57. The van der Waals surface area contributed by atoms with Gasteiger partial charge in [0.1, 0.15) is 5.75 Å². The maximum absolute atomic E-state index is 11.0. The molecule has 18 heavy (non-hydrogen) atoms. The van der Waals surface area contributed by atoms with Crippen molar-refractivity contribution in [1.82, 2.24) is 5.06 Å². The number of methoxy groups -OCH3 is 1. The van der Waals surface area contributed by atoms with Crippen molar-refractivity contribution >= 4 is 22.3 Å². The lowest BCUT2D eigenvalue weighted by molar-refractivity contribution is -0.220. The van der Waals surface area contributed by atoms with Gasteiger partial charge in [0.2, 0.25) is 6.41 Å². The predicted molar refractivity (Wildman–Crippen MR) is 73.1 cm³/mol. The van der Waals surface area contributed by atoms with E-state index >= 15 is 0 Å². The Hall–Kier alpha value is -1.07. The molecule has 0 N–H and O–H groups in total. The summed E-state index contributed by atoms with van der Waals surface area (Å²) >= 11 is 3.40. The van der Waals surface area contributed by atoms with Gasteiger partial charge >= 0.3 is 0 Å². The van der Waals surface area contributed by atoms with Gasteiger partial charge in [-0.15, -0.1) is 0 Å². The number of hydrogen-bond donors (Lipinski definition) is 0. The van der Waals surface area contributed by atoms with Crippen LogP contribution in [0.5, 0.6) is 5.75 Å². The molecule has 0 spiro atoms. The van der Waals surface area contributed by atoms with Gasteiger partial charge < -0.3 is 4.74 Å². The number of nitrogens with zero attached hydrogens (tertiary/aromatic N) is 1. The maximum atomic E-state index is 11.0. The molecular formula is C13H18BrNO3. The highest BCUT2D eigenvalue weighted by Crippen LogP contribution is 2.24. The van der Waals surface area contributed by atoms with E-state index in [0.29, 0.717) is 13.0 Å². The van der Waals surface area contributed by atoms with Gasteiger partial charge in [-0.1, -0.05) is 15.9 Å². The Labute approximate surface area is 116 Å². The first-order chi connectivity index (χ1) is 8.35. The molecule has 0 radical (unpaired) electrons. The fraction of sp³-hybridized carbons (Fsp3) is 0.462. The largest absolute Gasteiger partial charge is 0.496 e. The van der Waals surface area contributed by atoms with Gasteiger partial charge in [-0.2, -0.15) is 0 Å². The Morgan fingerprint density at radius 3 is 2.56 bits per heavy atom. The molecule has 0 atom stereocenters. The monoisotopic (exact) mass is 315 g/mol. The van der Waals surface area contributed by atoms with E-state index in [4.69, 9.17) is 9.57 Å². The molecular weight excluding hydrogens is 298 g/mol. The highest BCUT2D eigenvalue weighted by atomic mass is 79.9. The van der Waals surface area contributed by atoms with Gasteiger partial charge in [0.25, 0.3) is 0 Å². The first kappa shape index (κ1) is 15.0. The van der Waals surface area contributed by atoms with Crippen LogP contribution in [0, 0.1) is 0 Å². The summed E-state index contributed by atoms with van der Waals surface area (Å²) in [4.78, 5) is 16.5. The van der Waals surface area contributed by atoms with Crippen LogP contribution in [0.3, 0.4) is 0 Å². The highest BCUT2D eigenvalue weighted by molar-refractivity contribution is 9.10. The number of hydrogen-bond acceptors (Lipinski definition) is 3. The first-order valence-corrected chi connectivity index (χ1v) is 6.38. The molecule has 100 valence electrons. The average molecular weight is 316 g/mol. The standard InChI is InChI=1S/C13H18BrNO3/c1-13(2,3)18-15(9-16)8-10-7-11(14)5-6-12(10)17-4/h5-7,9H,8H2,1-4H3. The molecule has 0 saturated carbocycles. The lowest BCUT2D eigenvalue weighted by atomic mass is 10.2. The van der Waals surface area contributed by atoms with E-state index in [1.165, 1.54) is 5.06 Å². The smallest absolute Gasteiger partial charge is 0.233 e. The van der Waals surface area contributed by atoms with E-state index in [9.17, 15) is 4.79 Å². The van der Waals surface area contributed by atoms with Crippen LogP contribution in [0.1, 0.15) is 26.3 Å². The minimum atomic E-state index is -0.417. The SMILES string of the molecule is COc1ccc(Br)cc1CN(C=O)OC(C)(C)C. The minimum absolute atomic E-state index is 0.337. The second-order valence-corrected chi connectivity index (χ2v) is 5.76. The summed E-state index contributed by atoms with van der Waals surface area (Å²) in [7, 11) is 1.60. The minimum Gasteiger partial charge on any atom is -0.496 e. The van der Waals surface area contributed by atoms with Gasteiger partial charge in [0.15, 0.2) is 0 Å². The van der Waals surface area contributed by atoms with E-state index in [2.05, 4.69) is 15.9 Å². The number of amides is 1. The number of carbonyl (C=O) groups excluding carboxylic acids is 1. The van der Waals surface area contributed by atoms with E-state index in [1.807, 2.05) is 39.0 Å². The lowest BCUT2D eigenvalue weighted by Gasteiger charge is -2.27. The van der Waals surface area contributed by atoms with Gasteiger partial charge in [-0.05, 0) is 39.0 Å². The molecule has 0 aromatic heterocycles. The molecule has 0 unspecified atom stereocenters. The van der Waals surface area contributed by atoms with Crippen LogP contribution in [0.15, 0.2) is 22.7 Å².